The van der Waals surface area contributed by atoms with E-state index in [2.05, 4.69) is 16.5 Å². The van der Waals surface area contributed by atoms with Gasteiger partial charge in [0.1, 0.15) is 6.33 Å². The molecule has 154 valence electrons. The van der Waals surface area contributed by atoms with Crippen LogP contribution in [-0.2, 0) is 11.2 Å². The van der Waals surface area contributed by atoms with Gasteiger partial charge in [-0.2, -0.15) is 4.98 Å². The minimum Gasteiger partial charge on any atom is -0.493 e. The molecule has 0 spiro atoms. The van der Waals surface area contributed by atoms with Crippen LogP contribution >= 0.6 is 0 Å². The minimum absolute atomic E-state index is 0.0777. The number of hydrogen-bond donors (Lipinski definition) is 0. The number of ether oxygens (including phenoxy) is 3. The second-order valence-electron chi connectivity index (χ2n) is 6.81. The van der Waals surface area contributed by atoms with Crippen molar-refractivity contribution >= 4 is 11.5 Å². The molecule has 0 amide bonds. The van der Waals surface area contributed by atoms with Crippen molar-refractivity contribution in [2.24, 2.45) is 0 Å². The third kappa shape index (κ3) is 4.45. The van der Waals surface area contributed by atoms with Crippen LogP contribution in [0.5, 0.6) is 17.4 Å². The molecule has 1 aromatic heterocycles. The average molecular weight is 400 g/mol. The lowest BCUT2D eigenvalue weighted by atomic mass is 10.1. The van der Waals surface area contributed by atoms with E-state index in [1.807, 2.05) is 30.9 Å². The average Bonchev–Trinajstić information content (AvgIpc) is 2.68. The number of benzene rings is 1. The number of aromatic nitrogens is 2. The standard InChI is InChI=1S/C20H24N4O5/c1-5-7-15-8-6-9-16(27-4)18(15)29-20-17(24(25)26)19(21-12-22-20)23-10-13(2)28-14(3)11-23/h5-6,8-9,12-14H,1,7,10-11H2,2-4H3. The number of methoxy groups -OCH3 is 1. The van der Waals surface area contributed by atoms with Gasteiger partial charge in [0.2, 0.25) is 5.82 Å². The predicted octanol–water partition coefficient (Wildman–Crippen LogP) is 3.53. The third-order valence-electron chi connectivity index (χ3n) is 4.51. The molecule has 9 nitrogen and oxygen atoms in total. The van der Waals surface area contributed by atoms with E-state index in [1.165, 1.54) is 13.4 Å². The van der Waals surface area contributed by atoms with Crippen LogP contribution in [-0.4, -0.2) is 47.3 Å². The second-order valence-corrected chi connectivity index (χ2v) is 6.81. The molecule has 0 bridgehead atoms. The molecule has 1 fully saturated rings. The van der Waals surface area contributed by atoms with Gasteiger partial charge in [0.25, 0.3) is 0 Å². The van der Waals surface area contributed by atoms with E-state index in [4.69, 9.17) is 14.2 Å². The maximum atomic E-state index is 11.9. The highest BCUT2D eigenvalue weighted by atomic mass is 16.6. The number of rotatable bonds is 7. The van der Waals surface area contributed by atoms with E-state index in [1.54, 1.807) is 12.1 Å². The van der Waals surface area contributed by atoms with Gasteiger partial charge < -0.3 is 19.1 Å². The molecule has 2 atom stereocenters. The van der Waals surface area contributed by atoms with E-state index >= 15 is 0 Å². The molecule has 2 heterocycles. The molecule has 1 saturated heterocycles. The number of morpholine rings is 1. The van der Waals surface area contributed by atoms with Gasteiger partial charge in [-0.15, -0.1) is 6.58 Å². The molecule has 0 saturated carbocycles. The first kappa shape index (κ1) is 20.5. The van der Waals surface area contributed by atoms with E-state index in [-0.39, 0.29) is 29.6 Å². The first-order valence-corrected chi connectivity index (χ1v) is 9.29. The van der Waals surface area contributed by atoms with Gasteiger partial charge in [-0.05, 0) is 26.3 Å². The Morgan fingerprint density at radius 1 is 1.34 bits per heavy atom. The molecule has 1 aliphatic heterocycles. The third-order valence-corrected chi connectivity index (χ3v) is 4.51. The van der Waals surface area contributed by atoms with Crippen LogP contribution in [0.2, 0.25) is 0 Å². The van der Waals surface area contributed by atoms with Crippen molar-refractivity contribution in [2.45, 2.75) is 32.5 Å². The van der Waals surface area contributed by atoms with Gasteiger partial charge in [-0.1, -0.05) is 18.2 Å². The monoisotopic (exact) mass is 400 g/mol. The highest BCUT2D eigenvalue weighted by molar-refractivity contribution is 5.64. The Kier molecular flexibility index (Phi) is 6.28. The quantitative estimate of drug-likeness (QED) is 0.395. The summed E-state index contributed by atoms with van der Waals surface area (Å²) in [6, 6.07) is 5.39. The fourth-order valence-electron chi connectivity index (χ4n) is 3.42. The number of nitrogens with zero attached hydrogens (tertiary/aromatic N) is 4. The lowest BCUT2D eigenvalue weighted by molar-refractivity contribution is -0.385. The van der Waals surface area contributed by atoms with Crippen molar-refractivity contribution in [2.75, 3.05) is 25.1 Å². The Bertz CT molecular complexity index is 894. The Morgan fingerprint density at radius 2 is 2.07 bits per heavy atom. The van der Waals surface area contributed by atoms with Crippen LogP contribution in [0.25, 0.3) is 0 Å². The highest BCUT2D eigenvalue weighted by Crippen LogP contribution is 2.41. The van der Waals surface area contributed by atoms with Crippen molar-refractivity contribution in [3.63, 3.8) is 0 Å². The first-order valence-electron chi connectivity index (χ1n) is 9.29. The molecule has 1 aliphatic rings. The second kappa shape index (κ2) is 8.87. The van der Waals surface area contributed by atoms with Crippen LogP contribution in [0.1, 0.15) is 19.4 Å². The summed E-state index contributed by atoms with van der Waals surface area (Å²) in [4.78, 5) is 21.5. The maximum absolute atomic E-state index is 11.9. The van der Waals surface area contributed by atoms with Crippen molar-refractivity contribution in [1.29, 1.82) is 0 Å². The van der Waals surface area contributed by atoms with E-state index in [0.29, 0.717) is 31.0 Å². The van der Waals surface area contributed by atoms with Gasteiger partial charge in [-0.3, -0.25) is 10.1 Å². The summed E-state index contributed by atoms with van der Waals surface area (Å²) in [7, 11) is 1.51. The summed E-state index contributed by atoms with van der Waals surface area (Å²) in [5.74, 6) is 0.891. The van der Waals surface area contributed by atoms with Crippen molar-refractivity contribution in [3.05, 3.63) is 52.9 Å². The van der Waals surface area contributed by atoms with Gasteiger partial charge in [0.05, 0.1) is 24.2 Å². The van der Waals surface area contributed by atoms with Crippen LogP contribution in [0.4, 0.5) is 11.5 Å². The van der Waals surface area contributed by atoms with E-state index in [0.717, 1.165) is 5.56 Å². The molecule has 3 rings (SSSR count). The molecule has 1 aromatic carbocycles. The molecule has 2 aromatic rings. The largest absolute Gasteiger partial charge is 0.493 e. The van der Waals surface area contributed by atoms with Crippen molar-refractivity contribution in [1.82, 2.24) is 9.97 Å². The Labute approximate surface area is 169 Å². The zero-order valence-electron chi connectivity index (χ0n) is 16.7. The zero-order chi connectivity index (χ0) is 21.0. The van der Waals surface area contributed by atoms with Gasteiger partial charge in [-0.25, -0.2) is 4.98 Å². The van der Waals surface area contributed by atoms with Gasteiger partial charge in [0, 0.05) is 18.7 Å². The fraction of sp³-hybridized carbons (Fsp3) is 0.400. The zero-order valence-corrected chi connectivity index (χ0v) is 16.7. The summed E-state index contributed by atoms with van der Waals surface area (Å²) in [6.07, 6.45) is 3.34. The first-order chi connectivity index (χ1) is 13.9. The Hall–Kier alpha value is -3.20. The highest BCUT2D eigenvalue weighted by Gasteiger charge is 2.33. The molecule has 0 N–H and O–H groups in total. The molecule has 2 unspecified atom stereocenters. The molecule has 9 heteroatoms. The molecule has 0 radical (unpaired) electrons. The molecule has 29 heavy (non-hydrogen) atoms. The SMILES string of the molecule is C=CCc1cccc(OC)c1Oc1ncnc(N2CC(C)OC(C)C2)c1[N+](=O)[O-]. The van der Waals surface area contributed by atoms with Crippen LogP contribution < -0.4 is 14.4 Å². The van der Waals surface area contributed by atoms with Crippen molar-refractivity contribution < 1.29 is 19.1 Å². The van der Waals surface area contributed by atoms with E-state index in [9.17, 15) is 10.1 Å². The molecular weight excluding hydrogens is 376 g/mol. The number of allylic oxidation sites excluding steroid dienone is 1. The van der Waals surface area contributed by atoms with Crippen LogP contribution in [0.15, 0.2) is 37.2 Å². The summed E-state index contributed by atoms with van der Waals surface area (Å²) >= 11 is 0. The number of para-hydroxylation sites is 1. The maximum Gasteiger partial charge on any atom is 0.373 e. The van der Waals surface area contributed by atoms with Gasteiger partial charge >= 0.3 is 11.6 Å². The molecular formula is C20H24N4O5. The van der Waals surface area contributed by atoms with Gasteiger partial charge in [0.15, 0.2) is 11.5 Å². The summed E-state index contributed by atoms with van der Waals surface area (Å²) in [5.41, 5.74) is 0.492. The Morgan fingerprint density at radius 3 is 2.69 bits per heavy atom. The topological polar surface area (TPSA) is 99.9 Å². The lowest BCUT2D eigenvalue weighted by Gasteiger charge is -2.35. The smallest absolute Gasteiger partial charge is 0.373 e. The van der Waals surface area contributed by atoms with E-state index < -0.39 is 4.92 Å². The normalized spacial score (nSPS) is 18.9. The van der Waals surface area contributed by atoms with Crippen LogP contribution in [0.3, 0.4) is 0 Å². The number of nitro groups is 1. The summed E-state index contributed by atoms with van der Waals surface area (Å²) in [5, 5.41) is 11.9. The molecule has 0 aliphatic carbocycles. The summed E-state index contributed by atoms with van der Waals surface area (Å²) < 4.78 is 17.0. The lowest BCUT2D eigenvalue weighted by Crippen LogP contribution is -2.46. The minimum atomic E-state index is -0.516. The number of hydrogen-bond acceptors (Lipinski definition) is 8. The Balaban J connectivity index is 2.06. The summed E-state index contributed by atoms with van der Waals surface area (Å²) in [6.45, 7) is 8.55. The fourth-order valence-corrected chi connectivity index (χ4v) is 3.42. The van der Waals surface area contributed by atoms with Crippen molar-refractivity contribution in [3.8, 4) is 17.4 Å². The predicted molar refractivity (Wildman–Crippen MR) is 108 cm³/mol. The van der Waals surface area contributed by atoms with Crippen LogP contribution in [0, 0.1) is 10.1 Å². The number of anilines is 1.